The molecule has 0 bridgehead atoms. The van der Waals surface area contributed by atoms with E-state index in [0.717, 1.165) is 5.69 Å². The van der Waals surface area contributed by atoms with E-state index in [0.29, 0.717) is 6.54 Å². The van der Waals surface area contributed by atoms with Gasteiger partial charge < -0.3 is 5.32 Å². The van der Waals surface area contributed by atoms with Gasteiger partial charge in [0.2, 0.25) is 11.8 Å². The molecule has 1 aromatic carbocycles. The molecular formula is C11H13N3O2. The third-order valence-electron chi connectivity index (χ3n) is 2.42. The summed E-state index contributed by atoms with van der Waals surface area (Å²) in [5.74, 6) is -0.540. The van der Waals surface area contributed by atoms with Crippen molar-refractivity contribution in [2.75, 3.05) is 11.9 Å². The molecule has 0 saturated carbocycles. The summed E-state index contributed by atoms with van der Waals surface area (Å²) in [7, 11) is 0. The van der Waals surface area contributed by atoms with E-state index < -0.39 is 0 Å². The van der Waals surface area contributed by atoms with Gasteiger partial charge in [-0.3, -0.25) is 15.0 Å². The van der Waals surface area contributed by atoms with Crippen LogP contribution >= 0.6 is 0 Å². The van der Waals surface area contributed by atoms with Crippen molar-refractivity contribution in [3.8, 4) is 0 Å². The minimum absolute atomic E-state index is 0.122. The van der Waals surface area contributed by atoms with E-state index in [4.69, 9.17) is 0 Å². The number of hydrogen-bond donors (Lipinski definition) is 3. The lowest BCUT2D eigenvalue weighted by atomic mass is 10.1. The van der Waals surface area contributed by atoms with Gasteiger partial charge in [0.25, 0.3) is 0 Å². The van der Waals surface area contributed by atoms with Crippen molar-refractivity contribution < 1.29 is 9.59 Å². The Hall–Kier alpha value is -1.88. The van der Waals surface area contributed by atoms with Crippen LogP contribution in [-0.2, 0) is 9.59 Å². The van der Waals surface area contributed by atoms with Gasteiger partial charge in [-0.2, -0.15) is 0 Å². The first-order valence-electron chi connectivity index (χ1n) is 5.13. The molecule has 1 fully saturated rings. The van der Waals surface area contributed by atoms with E-state index >= 15 is 0 Å². The summed E-state index contributed by atoms with van der Waals surface area (Å²) in [5.41, 5.74) is 5.93. The predicted molar refractivity (Wildman–Crippen MR) is 59.3 cm³/mol. The Labute approximate surface area is 93.2 Å². The van der Waals surface area contributed by atoms with Crippen molar-refractivity contribution in [3.63, 3.8) is 0 Å². The van der Waals surface area contributed by atoms with Crippen LogP contribution < -0.4 is 16.2 Å². The number of carbonyl (C=O) groups is 2. The number of hydrogen-bond acceptors (Lipinski definition) is 3. The molecule has 0 aromatic heterocycles. The van der Waals surface area contributed by atoms with Crippen LogP contribution in [0.4, 0.5) is 5.69 Å². The lowest BCUT2D eigenvalue weighted by Crippen LogP contribution is -2.27. The number of amides is 2. The van der Waals surface area contributed by atoms with E-state index in [1.807, 2.05) is 30.3 Å². The molecule has 1 aliphatic heterocycles. The monoisotopic (exact) mass is 219 g/mol. The van der Waals surface area contributed by atoms with Crippen LogP contribution in [0.25, 0.3) is 0 Å². The van der Waals surface area contributed by atoms with E-state index in [9.17, 15) is 9.59 Å². The second kappa shape index (κ2) is 4.76. The highest BCUT2D eigenvalue weighted by molar-refractivity contribution is 5.94. The Morgan fingerprint density at radius 2 is 2.12 bits per heavy atom. The highest BCUT2D eigenvalue weighted by Crippen LogP contribution is 2.10. The number of anilines is 1. The minimum Gasteiger partial charge on any atom is -0.326 e. The van der Waals surface area contributed by atoms with Crippen LogP contribution in [0.2, 0.25) is 0 Å². The summed E-state index contributed by atoms with van der Waals surface area (Å²) in [6.45, 7) is 0.501. The average Bonchev–Trinajstić information content (AvgIpc) is 2.66. The third-order valence-corrected chi connectivity index (χ3v) is 2.42. The molecule has 3 N–H and O–H groups in total. The lowest BCUT2D eigenvalue weighted by molar-refractivity contribution is -0.126. The molecule has 1 unspecified atom stereocenters. The molecule has 0 radical (unpaired) electrons. The fourth-order valence-electron chi connectivity index (χ4n) is 1.58. The van der Waals surface area contributed by atoms with Crippen LogP contribution in [0.5, 0.6) is 0 Å². The maximum atomic E-state index is 11.6. The van der Waals surface area contributed by atoms with Gasteiger partial charge in [-0.25, -0.2) is 5.43 Å². The smallest absolute Gasteiger partial charge is 0.239 e. The first-order chi connectivity index (χ1) is 7.75. The maximum absolute atomic E-state index is 11.6. The van der Waals surface area contributed by atoms with Gasteiger partial charge in [0.05, 0.1) is 5.92 Å². The Bertz CT molecular complexity index is 391. The topological polar surface area (TPSA) is 70.2 Å². The Kier molecular flexibility index (Phi) is 3.16. The van der Waals surface area contributed by atoms with E-state index in [2.05, 4.69) is 16.2 Å². The number of hydrazine groups is 1. The number of rotatable bonds is 3. The normalized spacial score (nSPS) is 19.2. The molecule has 0 aliphatic carbocycles. The highest BCUT2D eigenvalue weighted by Gasteiger charge is 2.26. The molecule has 1 heterocycles. The van der Waals surface area contributed by atoms with Crippen LogP contribution in [-0.4, -0.2) is 18.4 Å². The summed E-state index contributed by atoms with van der Waals surface area (Å²) in [6.07, 6.45) is 0.202. The summed E-state index contributed by atoms with van der Waals surface area (Å²) in [4.78, 5) is 22.8. The van der Waals surface area contributed by atoms with Crippen molar-refractivity contribution in [2.24, 2.45) is 5.92 Å². The molecule has 5 nitrogen and oxygen atoms in total. The summed E-state index contributed by atoms with van der Waals surface area (Å²) >= 11 is 0. The summed E-state index contributed by atoms with van der Waals surface area (Å²) < 4.78 is 0. The quantitative estimate of drug-likeness (QED) is 0.683. The molecule has 1 saturated heterocycles. The lowest BCUT2D eigenvalue weighted by Gasteiger charge is -2.07. The second-order valence-electron chi connectivity index (χ2n) is 3.69. The predicted octanol–water partition coefficient (Wildman–Crippen LogP) is 0.266. The average molecular weight is 219 g/mol. The van der Waals surface area contributed by atoms with E-state index in [-0.39, 0.29) is 24.2 Å². The Morgan fingerprint density at radius 1 is 1.38 bits per heavy atom. The zero-order valence-corrected chi connectivity index (χ0v) is 8.69. The van der Waals surface area contributed by atoms with Crippen molar-refractivity contribution in [3.05, 3.63) is 30.3 Å². The molecule has 5 heteroatoms. The van der Waals surface area contributed by atoms with Gasteiger partial charge in [-0.15, -0.1) is 0 Å². The van der Waals surface area contributed by atoms with Crippen molar-refractivity contribution in [1.29, 1.82) is 0 Å². The van der Waals surface area contributed by atoms with E-state index in [1.165, 1.54) is 0 Å². The largest absolute Gasteiger partial charge is 0.326 e. The molecule has 16 heavy (non-hydrogen) atoms. The summed E-state index contributed by atoms with van der Waals surface area (Å²) in [6, 6.07) is 9.19. The number of nitrogens with one attached hydrogen (secondary N) is 3. The molecule has 0 spiro atoms. The zero-order chi connectivity index (χ0) is 11.4. The Balaban J connectivity index is 1.87. The number of benzene rings is 1. The zero-order valence-electron chi connectivity index (χ0n) is 8.69. The van der Waals surface area contributed by atoms with Crippen molar-refractivity contribution in [1.82, 2.24) is 10.9 Å². The van der Waals surface area contributed by atoms with Crippen molar-refractivity contribution in [2.45, 2.75) is 6.42 Å². The van der Waals surface area contributed by atoms with Gasteiger partial charge in [-0.05, 0) is 12.1 Å². The molecule has 1 aromatic rings. The molecule has 2 amide bonds. The summed E-state index contributed by atoms with van der Waals surface area (Å²) in [5, 5.41) is 2.74. The van der Waals surface area contributed by atoms with Crippen LogP contribution in [0.3, 0.4) is 0 Å². The first-order valence-corrected chi connectivity index (χ1v) is 5.13. The Morgan fingerprint density at radius 3 is 2.75 bits per heavy atom. The molecular weight excluding hydrogens is 206 g/mol. The molecule has 1 atom stereocenters. The molecule has 2 rings (SSSR count). The van der Waals surface area contributed by atoms with E-state index in [1.54, 1.807) is 0 Å². The third kappa shape index (κ3) is 2.58. The standard InChI is InChI=1S/C11H13N3O2/c15-10(6-8-7-12-14-11(8)16)13-9-4-2-1-3-5-9/h1-5,8,12H,6-7H2,(H,13,15)(H,14,16). The van der Waals surface area contributed by atoms with Gasteiger partial charge >= 0.3 is 0 Å². The highest BCUT2D eigenvalue weighted by atomic mass is 16.2. The molecule has 1 aliphatic rings. The first kappa shape index (κ1) is 10.6. The van der Waals surface area contributed by atoms with Crippen LogP contribution in [0.15, 0.2) is 30.3 Å². The minimum atomic E-state index is -0.274. The van der Waals surface area contributed by atoms with Crippen LogP contribution in [0.1, 0.15) is 6.42 Å². The van der Waals surface area contributed by atoms with Gasteiger partial charge in [0.15, 0.2) is 0 Å². The van der Waals surface area contributed by atoms with Crippen LogP contribution in [0, 0.1) is 5.92 Å². The van der Waals surface area contributed by atoms with Crippen molar-refractivity contribution >= 4 is 17.5 Å². The number of carbonyl (C=O) groups excluding carboxylic acids is 2. The van der Waals surface area contributed by atoms with Gasteiger partial charge in [0.1, 0.15) is 0 Å². The maximum Gasteiger partial charge on any atom is 0.239 e. The molecule has 84 valence electrons. The second-order valence-corrected chi connectivity index (χ2v) is 3.69. The fourth-order valence-corrected chi connectivity index (χ4v) is 1.58. The fraction of sp³-hybridized carbons (Fsp3) is 0.273. The number of para-hydroxylation sites is 1. The SMILES string of the molecule is O=C(CC1CNNC1=O)Nc1ccccc1. The van der Waals surface area contributed by atoms with Gasteiger partial charge in [0, 0.05) is 18.7 Å². The van der Waals surface area contributed by atoms with Gasteiger partial charge in [-0.1, -0.05) is 18.2 Å².